The third-order valence-corrected chi connectivity index (χ3v) is 10.2. The van der Waals surface area contributed by atoms with E-state index < -0.39 is 42.1 Å². The second-order valence-corrected chi connectivity index (χ2v) is 14.9. The third kappa shape index (κ3) is 6.55. The first-order valence-corrected chi connectivity index (χ1v) is 18.1. The molecule has 2 aliphatic heterocycles. The van der Waals surface area contributed by atoms with Crippen LogP contribution in [0.5, 0.6) is 0 Å². The van der Waals surface area contributed by atoms with Gasteiger partial charge in [-0.15, -0.1) is 0 Å². The molecule has 3 aromatic heterocycles. The molecule has 2 saturated heterocycles. The van der Waals surface area contributed by atoms with Gasteiger partial charge in [-0.25, -0.2) is 24.1 Å². The quantitative estimate of drug-likeness (QED) is 0.178. The summed E-state index contributed by atoms with van der Waals surface area (Å²) >= 11 is 0. The highest BCUT2D eigenvalue weighted by molar-refractivity contribution is 5.85. The maximum Gasteiger partial charge on any atom is 0.408 e. The van der Waals surface area contributed by atoms with Crippen LogP contribution in [0.25, 0.3) is 39.5 Å². The highest BCUT2D eigenvalue weighted by atomic mass is 19.1. The summed E-state index contributed by atoms with van der Waals surface area (Å²) in [5.74, 6) is -0.241. The molecule has 1 saturated carbocycles. The number of nitrogens with two attached hydrogens (primary N) is 1. The molecule has 2 amide bonds. The van der Waals surface area contributed by atoms with Crippen LogP contribution in [0.1, 0.15) is 76.8 Å². The van der Waals surface area contributed by atoms with E-state index in [-0.39, 0.29) is 41.5 Å². The fraction of sp³-hybridized carbons (Fsp3) is 0.390. The normalized spacial score (nSPS) is 20.6. The van der Waals surface area contributed by atoms with Crippen LogP contribution in [0.15, 0.2) is 72.9 Å². The van der Waals surface area contributed by atoms with Crippen molar-refractivity contribution in [1.29, 1.82) is 0 Å². The molecule has 8 rings (SSSR count). The van der Waals surface area contributed by atoms with Crippen molar-refractivity contribution in [3.05, 3.63) is 84.3 Å². The van der Waals surface area contributed by atoms with Crippen molar-refractivity contribution in [2.45, 2.75) is 82.9 Å². The molecule has 0 bridgehead atoms. The summed E-state index contributed by atoms with van der Waals surface area (Å²) in [4.78, 5) is 41.9. The van der Waals surface area contributed by atoms with Gasteiger partial charge in [-0.2, -0.15) is 0 Å². The topological polar surface area (TPSA) is 132 Å². The summed E-state index contributed by atoms with van der Waals surface area (Å²) in [6.45, 7) is 1.31. The number of nitrogens with zero attached hydrogens (tertiary/aromatic N) is 6. The Bertz CT molecular complexity index is 2360. The molecule has 3 fully saturated rings. The molecule has 53 heavy (non-hydrogen) atoms. The zero-order valence-electron chi connectivity index (χ0n) is 34.0. The Morgan fingerprint density at radius 1 is 1.00 bits per heavy atom. The fourth-order valence-electron chi connectivity index (χ4n) is 7.44. The molecule has 11 nitrogen and oxygen atoms in total. The number of fused-ring (bicyclic) bond motifs is 1. The SMILES string of the molecule is [2H]C1([2H])CC(N2CCCC2=O)CC([2H])([2H])N1c1cccc(-c2ccc3nc(-c4cccnc4N)n(-c4ccc(C5(NC(=O)OC(C)(C)C)CCC5)cc4)c3n2)c1F. The Balaban J connectivity index is 1.19. The number of imidazole rings is 1. The lowest BCUT2D eigenvalue weighted by Gasteiger charge is -2.43. The number of likely N-dealkylation sites (tertiary alicyclic amines) is 1. The number of ether oxygens (including phenoxy) is 1. The first-order valence-electron chi connectivity index (χ1n) is 20.1. The van der Waals surface area contributed by atoms with Crippen molar-refractivity contribution in [3.8, 4) is 28.3 Å². The van der Waals surface area contributed by atoms with Gasteiger partial charge in [0.15, 0.2) is 17.3 Å². The Morgan fingerprint density at radius 3 is 2.42 bits per heavy atom. The van der Waals surface area contributed by atoms with Gasteiger partial charge < -0.3 is 25.6 Å². The van der Waals surface area contributed by atoms with Gasteiger partial charge in [0.2, 0.25) is 5.91 Å². The van der Waals surface area contributed by atoms with Gasteiger partial charge in [0.05, 0.1) is 22.5 Å². The molecule has 2 aromatic carbocycles. The lowest BCUT2D eigenvalue weighted by atomic mass is 9.72. The van der Waals surface area contributed by atoms with E-state index >= 15 is 4.39 Å². The number of hydrogen-bond donors (Lipinski definition) is 2. The number of benzene rings is 2. The molecule has 12 heteroatoms. The second kappa shape index (κ2) is 13.5. The lowest BCUT2D eigenvalue weighted by Crippen LogP contribution is -2.52. The van der Waals surface area contributed by atoms with Crippen LogP contribution in [-0.2, 0) is 15.1 Å². The zero-order valence-corrected chi connectivity index (χ0v) is 30.0. The summed E-state index contributed by atoms with van der Waals surface area (Å²) in [6, 6.07) is 18.4. The number of halogens is 1. The Kier molecular flexibility index (Phi) is 7.62. The molecule has 0 atom stereocenters. The average molecular weight is 721 g/mol. The highest BCUT2D eigenvalue weighted by Crippen LogP contribution is 2.42. The third-order valence-electron chi connectivity index (χ3n) is 10.2. The number of amides is 2. The van der Waals surface area contributed by atoms with Crippen molar-refractivity contribution in [3.63, 3.8) is 0 Å². The maximum atomic E-state index is 16.8. The number of anilines is 2. The van der Waals surface area contributed by atoms with Gasteiger partial charge in [0.25, 0.3) is 0 Å². The number of nitrogens with one attached hydrogen (secondary N) is 1. The minimum absolute atomic E-state index is 0.0449. The van der Waals surface area contributed by atoms with Crippen molar-refractivity contribution < 1.29 is 24.2 Å². The summed E-state index contributed by atoms with van der Waals surface area (Å²) < 4.78 is 60.1. The van der Waals surface area contributed by atoms with E-state index in [4.69, 9.17) is 25.9 Å². The predicted molar refractivity (Wildman–Crippen MR) is 203 cm³/mol. The van der Waals surface area contributed by atoms with E-state index in [9.17, 15) is 9.59 Å². The summed E-state index contributed by atoms with van der Waals surface area (Å²) in [6.07, 6.45) is 4.24. The highest BCUT2D eigenvalue weighted by Gasteiger charge is 2.41. The first kappa shape index (κ1) is 30.0. The van der Waals surface area contributed by atoms with Gasteiger partial charge >= 0.3 is 6.09 Å². The van der Waals surface area contributed by atoms with Gasteiger partial charge in [0, 0.05) is 54.9 Å². The number of rotatable bonds is 7. The van der Waals surface area contributed by atoms with Gasteiger partial charge in [-0.3, -0.25) is 9.36 Å². The zero-order chi connectivity index (χ0) is 40.5. The van der Waals surface area contributed by atoms with Gasteiger partial charge in [-0.05, 0) is 113 Å². The van der Waals surface area contributed by atoms with E-state index in [0.717, 1.165) is 29.7 Å². The number of aromatic nitrogens is 4. The van der Waals surface area contributed by atoms with Crippen LogP contribution in [0.4, 0.5) is 20.7 Å². The van der Waals surface area contributed by atoms with Crippen molar-refractivity contribution in [2.24, 2.45) is 0 Å². The maximum absolute atomic E-state index is 16.8. The van der Waals surface area contributed by atoms with Crippen LogP contribution < -0.4 is 16.0 Å². The van der Waals surface area contributed by atoms with Crippen LogP contribution in [0.2, 0.25) is 0 Å². The molecular weight excluding hydrogens is 672 g/mol. The molecule has 274 valence electrons. The number of carbonyl (C=O) groups is 2. The smallest absolute Gasteiger partial charge is 0.408 e. The van der Waals surface area contributed by atoms with Crippen LogP contribution in [0.3, 0.4) is 0 Å². The molecule has 3 aliphatic rings. The molecular formula is C41H45FN8O3. The van der Waals surface area contributed by atoms with Crippen LogP contribution >= 0.6 is 0 Å². The van der Waals surface area contributed by atoms with E-state index in [1.54, 1.807) is 41.4 Å². The molecule has 5 aromatic rings. The number of alkyl carbamates (subject to hydrolysis) is 1. The Hall–Kier alpha value is -5.52. The minimum Gasteiger partial charge on any atom is -0.444 e. The van der Waals surface area contributed by atoms with Crippen LogP contribution in [0, 0.1) is 5.82 Å². The van der Waals surface area contributed by atoms with Crippen molar-refractivity contribution in [1.82, 2.24) is 29.7 Å². The minimum atomic E-state index is -2.31. The van der Waals surface area contributed by atoms with E-state index in [0.29, 0.717) is 47.6 Å². The second-order valence-electron chi connectivity index (χ2n) is 14.9. The summed E-state index contributed by atoms with van der Waals surface area (Å²) in [7, 11) is 0. The number of hydrogen-bond acceptors (Lipinski definition) is 8. The Labute approximate surface area is 314 Å². The van der Waals surface area contributed by atoms with Crippen molar-refractivity contribution in [2.75, 3.05) is 30.2 Å². The molecule has 1 aliphatic carbocycles. The van der Waals surface area contributed by atoms with Gasteiger partial charge in [-0.1, -0.05) is 18.2 Å². The van der Waals surface area contributed by atoms with E-state index in [1.165, 1.54) is 12.1 Å². The summed E-state index contributed by atoms with van der Waals surface area (Å²) in [5.41, 5.74) is 8.20. The van der Waals surface area contributed by atoms with E-state index in [2.05, 4.69) is 10.3 Å². The monoisotopic (exact) mass is 720 g/mol. The average Bonchev–Trinajstić information content (AvgIpc) is 3.72. The molecule has 0 radical (unpaired) electrons. The van der Waals surface area contributed by atoms with Crippen molar-refractivity contribution >= 4 is 34.7 Å². The Morgan fingerprint density at radius 2 is 1.75 bits per heavy atom. The van der Waals surface area contributed by atoms with E-state index in [1.807, 2.05) is 49.6 Å². The fourth-order valence-corrected chi connectivity index (χ4v) is 7.44. The molecule has 5 heterocycles. The number of nitrogen functional groups attached to an aromatic ring is 1. The molecule has 0 spiro atoms. The number of carbonyl (C=O) groups excluding carboxylic acids is 2. The van der Waals surface area contributed by atoms with Crippen LogP contribution in [-0.4, -0.2) is 67.6 Å². The first-order chi connectivity index (χ1) is 27.0. The number of piperidine rings is 1. The lowest BCUT2D eigenvalue weighted by molar-refractivity contribution is -0.130. The molecule has 3 N–H and O–H groups in total. The summed E-state index contributed by atoms with van der Waals surface area (Å²) in [5, 5.41) is 3.10. The predicted octanol–water partition coefficient (Wildman–Crippen LogP) is 7.37. The largest absolute Gasteiger partial charge is 0.444 e. The number of pyridine rings is 2. The van der Waals surface area contributed by atoms with Gasteiger partial charge in [0.1, 0.15) is 16.9 Å². The molecule has 0 unspecified atom stereocenters. The standard InChI is InChI=1S/C41H45FN8O3/c1-40(2,3)53-39(52)47-41(20-7-21-41)26-12-14-28(15-13-26)50-37(30-9-5-22-44-36(30)43)46-32-17-16-31(45-38(32)50)29-8-4-10-33(35(29)42)48-24-18-27(19-25-48)49-23-6-11-34(49)51/h4-5,8-10,12-17,22,27H,6-7,11,18-21,23-25H2,1-3H3,(H2,43,44)(H,47,52)/i24D2,25D2.